The summed E-state index contributed by atoms with van der Waals surface area (Å²) in [6.07, 6.45) is 1.24. The summed E-state index contributed by atoms with van der Waals surface area (Å²) in [7, 11) is -4.27. The van der Waals surface area contributed by atoms with Crippen LogP contribution in [0.3, 0.4) is 0 Å². The first-order chi connectivity index (χ1) is 10.6. The number of rotatable bonds is 6. The number of amides is 1. The first-order valence-corrected chi connectivity index (χ1v) is 8.12. The average Bonchev–Trinajstić information content (AvgIpc) is 2.53. The van der Waals surface area contributed by atoms with E-state index >= 15 is 0 Å². The van der Waals surface area contributed by atoms with E-state index in [0.717, 1.165) is 5.56 Å². The molecule has 0 aliphatic carbocycles. The largest absolute Gasteiger partial charge is 1.00 e. The Kier molecular flexibility index (Phi) is 8.30. The number of hydrogen-bond acceptors (Lipinski definition) is 6. The Morgan fingerprint density at radius 3 is 2.61 bits per heavy atom. The number of carbonyl (C=O) groups excluding carboxylic acids is 1. The molecule has 0 aliphatic rings. The second-order valence-electron chi connectivity index (χ2n) is 4.29. The van der Waals surface area contributed by atoms with Crippen LogP contribution < -0.4 is 44.3 Å². The van der Waals surface area contributed by atoms with Crippen molar-refractivity contribution < 1.29 is 53.1 Å². The van der Waals surface area contributed by atoms with Gasteiger partial charge in [0.05, 0.1) is 12.5 Å². The Hall–Kier alpha value is -1.37. The van der Waals surface area contributed by atoms with Gasteiger partial charge in [0.2, 0.25) is 7.60 Å². The molecule has 1 N–H and O–H groups in total. The molecule has 1 amide bonds. The molecule has 0 bridgehead atoms. The van der Waals surface area contributed by atoms with Gasteiger partial charge in [-0.05, 0) is 17.7 Å². The van der Waals surface area contributed by atoms with Gasteiger partial charge in [0.25, 0.3) is 0 Å². The summed E-state index contributed by atoms with van der Waals surface area (Å²) in [6, 6.07) is 12.0. The fourth-order valence-electron chi connectivity index (χ4n) is 1.53. The van der Waals surface area contributed by atoms with Crippen LogP contribution in [-0.4, -0.2) is 17.4 Å². The molecular weight excluding hydrogens is 330 g/mol. The van der Waals surface area contributed by atoms with Crippen molar-refractivity contribution in [3.05, 3.63) is 60.4 Å². The molecule has 1 heterocycles. The Labute approximate surface area is 155 Å². The number of alkyl carbamates (subject to hydrolysis) is 1. The summed E-state index contributed by atoms with van der Waals surface area (Å²) in [5.74, 6) is 0.0836. The van der Waals surface area contributed by atoms with E-state index in [9.17, 15) is 14.3 Å². The van der Waals surface area contributed by atoms with Crippen LogP contribution in [-0.2, 0) is 15.9 Å². The zero-order valence-electron chi connectivity index (χ0n) is 12.5. The molecule has 1 atom stereocenters. The summed E-state index contributed by atoms with van der Waals surface area (Å²) in [5.41, 5.74) is 0.801. The van der Waals surface area contributed by atoms with Gasteiger partial charge in [-0.15, -0.1) is 0 Å². The fraction of sp³-hybridized carbons (Fsp3) is 0.143. The second kappa shape index (κ2) is 9.70. The maximum Gasteiger partial charge on any atom is 1.00 e. The van der Waals surface area contributed by atoms with Crippen LogP contribution in [0.1, 0.15) is 5.56 Å². The van der Waals surface area contributed by atoms with E-state index in [-0.39, 0.29) is 41.9 Å². The van der Waals surface area contributed by atoms with Crippen LogP contribution in [0.4, 0.5) is 4.79 Å². The second-order valence-corrected chi connectivity index (χ2v) is 6.01. The van der Waals surface area contributed by atoms with Crippen molar-refractivity contribution in [1.29, 1.82) is 0 Å². The number of hydrogen-bond donors (Lipinski definition) is 1. The molecule has 0 fully saturated rings. The monoisotopic (exact) mass is 344 g/mol. The number of aromatic nitrogens is 1. The standard InChI is InChI=1S/C14H15N2O5P.Na/c17-14(20-10-12-5-2-1-3-6-12)16-11-22(18,19)21-13-7-4-8-15-9-13;/h1-9H,10-11H2,(H,16,17)(H,18,19);/q;+1/p-1. The summed E-state index contributed by atoms with van der Waals surface area (Å²) >= 11 is 0. The fourth-order valence-corrected chi connectivity index (χ4v) is 2.35. The maximum atomic E-state index is 11.7. The number of pyridine rings is 1. The van der Waals surface area contributed by atoms with Crippen LogP contribution in [0.2, 0.25) is 0 Å². The van der Waals surface area contributed by atoms with Crippen molar-refractivity contribution in [3.63, 3.8) is 0 Å². The Morgan fingerprint density at radius 1 is 1.22 bits per heavy atom. The number of ether oxygens (including phenoxy) is 1. The van der Waals surface area contributed by atoms with E-state index in [1.54, 1.807) is 12.1 Å². The molecule has 23 heavy (non-hydrogen) atoms. The molecule has 7 nitrogen and oxygen atoms in total. The molecule has 0 radical (unpaired) electrons. The molecule has 1 unspecified atom stereocenters. The number of benzene rings is 1. The van der Waals surface area contributed by atoms with Crippen molar-refractivity contribution in [2.45, 2.75) is 6.61 Å². The van der Waals surface area contributed by atoms with Gasteiger partial charge in [-0.2, -0.15) is 0 Å². The van der Waals surface area contributed by atoms with Gasteiger partial charge < -0.3 is 19.5 Å². The molecule has 9 heteroatoms. The predicted octanol–water partition coefficient (Wildman–Crippen LogP) is -1.10. The molecular formula is C14H14N2NaO5P. The van der Waals surface area contributed by atoms with Crippen molar-refractivity contribution in [2.24, 2.45) is 0 Å². The molecule has 0 saturated carbocycles. The Morgan fingerprint density at radius 2 is 1.96 bits per heavy atom. The van der Waals surface area contributed by atoms with Crippen molar-refractivity contribution >= 4 is 13.7 Å². The number of nitrogens with zero attached hydrogens (tertiary/aromatic N) is 1. The van der Waals surface area contributed by atoms with Gasteiger partial charge in [-0.25, -0.2) is 4.79 Å². The molecule has 1 aromatic heterocycles. The van der Waals surface area contributed by atoms with E-state index < -0.39 is 20.0 Å². The first-order valence-electron chi connectivity index (χ1n) is 6.39. The van der Waals surface area contributed by atoms with Crippen molar-refractivity contribution in [1.82, 2.24) is 10.3 Å². The zero-order chi connectivity index (χ0) is 15.8. The van der Waals surface area contributed by atoms with E-state index in [1.807, 2.05) is 18.2 Å². The van der Waals surface area contributed by atoms with Crippen LogP contribution in [0.5, 0.6) is 5.75 Å². The molecule has 0 aliphatic heterocycles. The summed E-state index contributed by atoms with van der Waals surface area (Å²) in [5, 5.41) is 2.13. The zero-order valence-corrected chi connectivity index (χ0v) is 15.4. The first kappa shape index (κ1) is 19.7. The van der Waals surface area contributed by atoms with E-state index in [0.29, 0.717) is 0 Å². The normalized spacial score (nSPS) is 12.4. The van der Waals surface area contributed by atoms with Gasteiger partial charge >= 0.3 is 35.7 Å². The van der Waals surface area contributed by atoms with Gasteiger partial charge in [-0.1, -0.05) is 30.3 Å². The minimum Gasteiger partial charge on any atom is -0.768 e. The minimum absolute atomic E-state index is 0. The Balaban J connectivity index is 0.00000264. The van der Waals surface area contributed by atoms with E-state index in [2.05, 4.69) is 10.3 Å². The van der Waals surface area contributed by atoms with Crippen LogP contribution in [0, 0.1) is 0 Å². The Bertz CT molecular complexity index is 657. The maximum absolute atomic E-state index is 11.7. The molecule has 1 aromatic carbocycles. The molecule has 116 valence electrons. The smallest absolute Gasteiger partial charge is 0.768 e. The van der Waals surface area contributed by atoms with Crippen LogP contribution in [0.25, 0.3) is 0 Å². The topological polar surface area (TPSA) is 101 Å². The molecule has 2 rings (SSSR count). The van der Waals surface area contributed by atoms with Gasteiger partial charge in [0.15, 0.2) is 0 Å². The van der Waals surface area contributed by atoms with E-state index in [4.69, 9.17) is 9.26 Å². The summed E-state index contributed by atoms with van der Waals surface area (Å²) in [6.45, 7) is 0.0549. The summed E-state index contributed by atoms with van der Waals surface area (Å²) in [4.78, 5) is 26.9. The average molecular weight is 344 g/mol. The quantitative estimate of drug-likeness (QED) is 0.528. The molecule has 2 aromatic rings. The predicted molar refractivity (Wildman–Crippen MR) is 77.1 cm³/mol. The minimum atomic E-state index is -4.27. The van der Waals surface area contributed by atoms with Gasteiger partial charge in [0.1, 0.15) is 12.4 Å². The van der Waals surface area contributed by atoms with E-state index in [1.165, 1.54) is 24.5 Å². The van der Waals surface area contributed by atoms with Crippen molar-refractivity contribution in [2.75, 3.05) is 6.29 Å². The third-order valence-electron chi connectivity index (χ3n) is 2.51. The van der Waals surface area contributed by atoms with Gasteiger partial charge in [0, 0.05) is 6.20 Å². The molecule has 0 spiro atoms. The SMILES string of the molecule is O=C(NCP(=O)([O-])Oc1cccnc1)OCc1ccccc1.[Na+]. The van der Waals surface area contributed by atoms with Crippen LogP contribution in [0.15, 0.2) is 54.9 Å². The number of nitrogens with one attached hydrogen (secondary N) is 1. The number of carbonyl (C=O) groups is 1. The van der Waals surface area contributed by atoms with Crippen LogP contribution >= 0.6 is 7.60 Å². The van der Waals surface area contributed by atoms with Crippen molar-refractivity contribution in [3.8, 4) is 5.75 Å². The van der Waals surface area contributed by atoms with Gasteiger partial charge in [-0.3, -0.25) is 9.55 Å². The summed E-state index contributed by atoms with van der Waals surface area (Å²) < 4.78 is 21.4. The third-order valence-corrected chi connectivity index (χ3v) is 3.54. The molecule has 0 saturated heterocycles. The third kappa shape index (κ3) is 7.63.